The van der Waals surface area contributed by atoms with Crippen LogP contribution >= 0.6 is 0 Å². The Balaban J connectivity index is 2.24. The molecular formula is C10H16F3NO3. The summed E-state index contributed by atoms with van der Waals surface area (Å²) in [6.45, 7) is -0.276. The zero-order valence-electron chi connectivity index (χ0n) is 9.63. The second-order valence-electron chi connectivity index (χ2n) is 3.88. The van der Waals surface area contributed by atoms with Crippen LogP contribution in [0.1, 0.15) is 12.8 Å². The van der Waals surface area contributed by atoms with Gasteiger partial charge in [-0.25, -0.2) is 0 Å². The van der Waals surface area contributed by atoms with Crippen molar-refractivity contribution in [3.05, 3.63) is 0 Å². The summed E-state index contributed by atoms with van der Waals surface area (Å²) in [5, 5.41) is 0. The van der Waals surface area contributed by atoms with Gasteiger partial charge in [-0.1, -0.05) is 0 Å². The molecule has 1 fully saturated rings. The lowest BCUT2D eigenvalue weighted by Gasteiger charge is -2.22. The fourth-order valence-corrected chi connectivity index (χ4v) is 1.87. The first-order chi connectivity index (χ1) is 7.94. The zero-order valence-corrected chi connectivity index (χ0v) is 9.63. The van der Waals surface area contributed by atoms with Crippen molar-refractivity contribution in [1.82, 2.24) is 4.90 Å². The first kappa shape index (κ1) is 14.2. The molecule has 1 atom stereocenters. The van der Waals surface area contributed by atoms with Gasteiger partial charge in [0.1, 0.15) is 12.6 Å². The number of ether oxygens (including phenoxy) is 2. The van der Waals surface area contributed by atoms with Crippen molar-refractivity contribution < 1.29 is 27.4 Å². The van der Waals surface area contributed by atoms with E-state index >= 15 is 0 Å². The summed E-state index contributed by atoms with van der Waals surface area (Å²) in [4.78, 5) is 13.1. The lowest BCUT2D eigenvalue weighted by atomic mass is 10.2. The van der Waals surface area contributed by atoms with Crippen molar-refractivity contribution in [3.8, 4) is 0 Å². The predicted octanol–water partition coefficient (Wildman–Crippen LogP) is 1.20. The second-order valence-corrected chi connectivity index (χ2v) is 3.88. The van der Waals surface area contributed by atoms with Crippen LogP contribution in [0.15, 0.2) is 0 Å². The Bertz CT molecular complexity index is 258. The van der Waals surface area contributed by atoms with Crippen molar-refractivity contribution in [3.63, 3.8) is 0 Å². The molecule has 7 heteroatoms. The van der Waals surface area contributed by atoms with Crippen LogP contribution in [-0.2, 0) is 14.3 Å². The van der Waals surface area contributed by atoms with Gasteiger partial charge in [-0.2, -0.15) is 13.2 Å². The fraction of sp³-hybridized carbons (Fsp3) is 0.900. The van der Waals surface area contributed by atoms with Crippen molar-refractivity contribution in [1.29, 1.82) is 0 Å². The smallest absolute Gasteiger partial charge is 0.411 e. The van der Waals surface area contributed by atoms with Crippen LogP contribution in [0.5, 0.6) is 0 Å². The zero-order chi connectivity index (χ0) is 12.9. The van der Waals surface area contributed by atoms with Gasteiger partial charge in [0.05, 0.1) is 13.7 Å². The van der Waals surface area contributed by atoms with Crippen LogP contribution in [0.4, 0.5) is 13.2 Å². The van der Waals surface area contributed by atoms with E-state index in [2.05, 4.69) is 9.47 Å². The predicted molar refractivity (Wildman–Crippen MR) is 53.5 cm³/mol. The van der Waals surface area contributed by atoms with Gasteiger partial charge in [0.25, 0.3) is 0 Å². The average Bonchev–Trinajstić information content (AvgIpc) is 2.70. The van der Waals surface area contributed by atoms with Gasteiger partial charge in [-0.05, 0) is 19.4 Å². The van der Waals surface area contributed by atoms with E-state index in [0.717, 1.165) is 6.42 Å². The van der Waals surface area contributed by atoms with Gasteiger partial charge in [0.15, 0.2) is 0 Å². The van der Waals surface area contributed by atoms with Crippen LogP contribution in [0.25, 0.3) is 0 Å². The summed E-state index contributed by atoms with van der Waals surface area (Å²) >= 11 is 0. The van der Waals surface area contributed by atoms with Crippen molar-refractivity contribution in [2.45, 2.75) is 25.1 Å². The third-order valence-corrected chi connectivity index (χ3v) is 2.63. The highest BCUT2D eigenvalue weighted by Gasteiger charge is 2.31. The summed E-state index contributed by atoms with van der Waals surface area (Å²) in [5.74, 6) is -0.335. The summed E-state index contributed by atoms with van der Waals surface area (Å²) in [6, 6.07) is -0.338. The second kappa shape index (κ2) is 6.20. The molecular weight excluding hydrogens is 239 g/mol. The van der Waals surface area contributed by atoms with Gasteiger partial charge in [0.2, 0.25) is 0 Å². The average molecular weight is 255 g/mol. The highest BCUT2D eigenvalue weighted by atomic mass is 19.4. The maximum Gasteiger partial charge on any atom is 0.411 e. The number of methoxy groups -OCH3 is 1. The van der Waals surface area contributed by atoms with Crippen molar-refractivity contribution >= 4 is 5.97 Å². The van der Waals surface area contributed by atoms with E-state index in [1.54, 1.807) is 4.90 Å². The van der Waals surface area contributed by atoms with Crippen LogP contribution in [-0.4, -0.2) is 56.5 Å². The van der Waals surface area contributed by atoms with E-state index in [0.29, 0.717) is 19.5 Å². The molecule has 0 N–H and O–H groups in total. The quantitative estimate of drug-likeness (QED) is 0.546. The lowest BCUT2D eigenvalue weighted by molar-refractivity contribution is -0.175. The Hall–Kier alpha value is -0.820. The van der Waals surface area contributed by atoms with Gasteiger partial charge < -0.3 is 9.47 Å². The molecule has 0 aromatic carbocycles. The maximum atomic E-state index is 11.8. The van der Waals surface area contributed by atoms with Crippen LogP contribution in [0.3, 0.4) is 0 Å². The third-order valence-electron chi connectivity index (χ3n) is 2.63. The van der Waals surface area contributed by atoms with Crippen molar-refractivity contribution in [2.24, 2.45) is 0 Å². The van der Waals surface area contributed by atoms with E-state index in [1.165, 1.54) is 7.11 Å². The molecule has 0 spiro atoms. The summed E-state index contributed by atoms with van der Waals surface area (Å²) in [7, 11) is 1.30. The van der Waals surface area contributed by atoms with Crippen LogP contribution in [0, 0.1) is 0 Å². The molecule has 0 aromatic heterocycles. The Morgan fingerprint density at radius 3 is 2.76 bits per heavy atom. The van der Waals surface area contributed by atoms with E-state index in [4.69, 9.17) is 0 Å². The Kier molecular flexibility index (Phi) is 5.20. The van der Waals surface area contributed by atoms with Crippen LogP contribution < -0.4 is 0 Å². The minimum atomic E-state index is -4.30. The number of hydrogen-bond acceptors (Lipinski definition) is 4. The molecule has 1 unspecified atom stereocenters. The number of likely N-dealkylation sites (tertiary alicyclic amines) is 1. The molecule has 1 aliphatic heterocycles. The Morgan fingerprint density at radius 1 is 1.47 bits per heavy atom. The topological polar surface area (TPSA) is 38.8 Å². The van der Waals surface area contributed by atoms with E-state index in [-0.39, 0.29) is 18.6 Å². The molecule has 17 heavy (non-hydrogen) atoms. The molecule has 0 amide bonds. The molecule has 0 bridgehead atoms. The van der Waals surface area contributed by atoms with Gasteiger partial charge in [-0.15, -0.1) is 0 Å². The number of carbonyl (C=O) groups excluding carboxylic acids is 1. The number of carbonyl (C=O) groups is 1. The maximum absolute atomic E-state index is 11.8. The molecule has 4 nitrogen and oxygen atoms in total. The SMILES string of the molecule is COC(=O)C1CCCN1CCOCC(F)(F)F. The number of halogens is 3. The number of nitrogens with zero attached hydrogens (tertiary/aromatic N) is 1. The largest absolute Gasteiger partial charge is 0.468 e. The normalized spacial score (nSPS) is 21.8. The molecule has 0 radical (unpaired) electrons. The molecule has 1 heterocycles. The molecule has 0 saturated carbocycles. The van der Waals surface area contributed by atoms with E-state index < -0.39 is 12.8 Å². The van der Waals surface area contributed by atoms with Gasteiger partial charge in [0, 0.05) is 6.54 Å². The molecule has 0 aromatic rings. The van der Waals surface area contributed by atoms with Gasteiger partial charge in [-0.3, -0.25) is 9.69 Å². The fourth-order valence-electron chi connectivity index (χ4n) is 1.87. The molecule has 1 rings (SSSR count). The number of esters is 1. The number of hydrogen-bond donors (Lipinski definition) is 0. The summed E-state index contributed by atoms with van der Waals surface area (Å²) in [6.07, 6.45) is -2.77. The number of alkyl halides is 3. The van der Waals surface area contributed by atoms with Gasteiger partial charge >= 0.3 is 12.1 Å². The standard InChI is InChI=1S/C10H16F3NO3/c1-16-9(15)8-3-2-4-14(8)5-6-17-7-10(11,12)13/h8H,2-7H2,1H3. The first-order valence-electron chi connectivity index (χ1n) is 5.40. The first-order valence-corrected chi connectivity index (χ1v) is 5.40. The van der Waals surface area contributed by atoms with E-state index in [9.17, 15) is 18.0 Å². The lowest BCUT2D eigenvalue weighted by Crippen LogP contribution is -2.39. The monoisotopic (exact) mass is 255 g/mol. The molecule has 1 saturated heterocycles. The third kappa shape index (κ3) is 4.91. The van der Waals surface area contributed by atoms with Crippen LogP contribution in [0.2, 0.25) is 0 Å². The molecule has 0 aliphatic carbocycles. The summed E-state index contributed by atoms with van der Waals surface area (Å²) < 4.78 is 44.5. The van der Waals surface area contributed by atoms with E-state index in [1.807, 2.05) is 0 Å². The minimum absolute atomic E-state index is 0.0347. The number of rotatable bonds is 5. The Morgan fingerprint density at radius 2 is 2.18 bits per heavy atom. The minimum Gasteiger partial charge on any atom is -0.468 e. The molecule has 100 valence electrons. The van der Waals surface area contributed by atoms with Crippen molar-refractivity contribution in [2.75, 3.05) is 33.4 Å². The Labute approximate surface area is 97.7 Å². The highest BCUT2D eigenvalue weighted by molar-refractivity contribution is 5.75. The molecule has 1 aliphatic rings. The highest BCUT2D eigenvalue weighted by Crippen LogP contribution is 2.18. The summed E-state index contributed by atoms with van der Waals surface area (Å²) in [5.41, 5.74) is 0.